The van der Waals surface area contributed by atoms with E-state index in [0.29, 0.717) is 30.8 Å². The molecule has 1 fully saturated rings. The third-order valence-electron chi connectivity index (χ3n) is 4.75. The first-order chi connectivity index (χ1) is 11.6. The Labute approximate surface area is 150 Å². The highest BCUT2D eigenvalue weighted by Crippen LogP contribution is 2.27. The summed E-state index contributed by atoms with van der Waals surface area (Å²) in [5.41, 5.74) is 1.08. The maximum absolute atomic E-state index is 12.8. The molecule has 25 heavy (non-hydrogen) atoms. The molecule has 0 atom stereocenters. The molecule has 0 N–H and O–H groups in total. The third kappa shape index (κ3) is 4.40. The van der Waals surface area contributed by atoms with Crippen LogP contribution in [-0.2, 0) is 25.1 Å². The number of piperidine rings is 1. The lowest BCUT2D eigenvalue weighted by Gasteiger charge is -2.32. The highest BCUT2D eigenvalue weighted by Gasteiger charge is 2.33. The molecule has 1 aromatic rings. The zero-order chi connectivity index (χ0) is 18.8. The van der Waals surface area contributed by atoms with Crippen LogP contribution in [0.5, 0.6) is 0 Å². The molecule has 140 valence electrons. The summed E-state index contributed by atoms with van der Waals surface area (Å²) in [4.78, 5) is 17.3. The van der Waals surface area contributed by atoms with Crippen molar-refractivity contribution in [1.29, 1.82) is 0 Å². The summed E-state index contributed by atoms with van der Waals surface area (Å²) < 4.78 is 27.1. The van der Waals surface area contributed by atoms with Crippen LogP contribution in [0.15, 0.2) is 29.2 Å². The van der Waals surface area contributed by atoms with Crippen LogP contribution in [0, 0.1) is 5.92 Å². The van der Waals surface area contributed by atoms with Gasteiger partial charge in [-0.15, -0.1) is 0 Å². The van der Waals surface area contributed by atoms with Gasteiger partial charge < -0.3 is 0 Å². The van der Waals surface area contributed by atoms with Crippen LogP contribution in [-0.4, -0.2) is 50.9 Å². The minimum absolute atomic E-state index is 0.0195. The van der Waals surface area contributed by atoms with Gasteiger partial charge in [-0.1, -0.05) is 32.9 Å². The maximum atomic E-state index is 12.8. The fourth-order valence-electron chi connectivity index (χ4n) is 2.97. The van der Waals surface area contributed by atoms with E-state index in [0.717, 1.165) is 5.56 Å². The van der Waals surface area contributed by atoms with Crippen molar-refractivity contribution < 1.29 is 18.0 Å². The average molecular weight is 368 g/mol. The molecule has 1 aliphatic rings. The van der Waals surface area contributed by atoms with E-state index in [-0.39, 0.29) is 17.2 Å². The smallest absolute Gasteiger partial charge is 0.249 e. The summed E-state index contributed by atoms with van der Waals surface area (Å²) in [6, 6.07) is 7.09. The second-order valence-electron chi connectivity index (χ2n) is 7.47. The highest BCUT2D eigenvalue weighted by atomic mass is 32.2. The van der Waals surface area contributed by atoms with Crippen molar-refractivity contribution in [1.82, 2.24) is 9.37 Å². The average Bonchev–Trinajstić information content (AvgIpc) is 2.60. The molecular formula is C18H28N2O4S. The lowest BCUT2D eigenvalue weighted by Crippen LogP contribution is -2.43. The van der Waals surface area contributed by atoms with Gasteiger partial charge in [0, 0.05) is 26.1 Å². The Balaban J connectivity index is 2.08. The molecule has 1 aromatic carbocycles. The molecule has 1 amide bonds. The van der Waals surface area contributed by atoms with Crippen molar-refractivity contribution in [2.75, 3.05) is 27.2 Å². The van der Waals surface area contributed by atoms with Gasteiger partial charge in [0.2, 0.25) is 15.9 Å². The number of hydrogen-bond acceptors (Lipinski definition) is 4. The lowest BCUT2D eigenvalue weighted by molar-refractivity contribution is -0.174. The Hall–Kier alpha value is -1.44. The van der Waals surface area contributed by atoms with E-state index < -0.39 is 10.0 Å². The van der Waals surface area contributed by atoms with E-state index in [1.165, 1.54) is 16.5 Å². The van der Waals surface area contributed by atoms with E-state index in [4.69, 9.17) is 4.84 Å². The van der Waals surface area contributed by atoms with Gasteiger partial charge in [-0.2, -0.15) is 4.31 Å². The van der Waals surface area contributed by atoms with Crippen molar-refractivity contribution in [2.45, 2.75) is 43.9 Å². The monoisotopic (exact) mass is 368 g/mol. The molecule has 0 bridgehead atoms. The minimum Gasteiger partial charge on any atom is -0.275 e. The van der Waals surface area contributed by atoms with Gasteiger partial charge in [-0.05, 0) is 36.0 Å². The van der Waals surface area contributed by atoms with Gasteiger partial charge in [-0.3, -0.25) is 9.63 Å². The molecule has 0 radical (unpaired) electrons. The van der Waals surface area contributed by atoms with Gasteiger partial charge in [0.25, 0.3) is 0 Å². The topological polar surface area (TPSA) is 66.9 Å². The zero-order valence-corrected chi connectivity index (χ0v) is 16.5. The molecule has 6 nitrogen and oxygen atoms in total. The van der Waals surface area contributed by atoms with E-state index in [1.54, 1.807) is 19.2 Å². The van der Waals surface area contributed by atoms with E-state index in [1.807, 2.05) is 12.1 Å². The molecule has 0 aromatic heterocycles. The number of carbonyl (C=O) groups excluding carboxylic acids is 1. The molecule has 0 spiro atoms. The molecule has 0 aliphatic carbocycles. The fraction of sp³-hybridized carbons (Fsp3) is 0.611. The quantitative estimate of drug-likeness (QED) is 0.766. The Kier molecular flexibility index (Phi) is 5.91. The molecular weight excluding hydrogens is 340 g/mol. The Morgan fingerprint density at radius 2 is 1.68 bits per heavy atom. The summed E-state index contributed by atoms with van der Waals surface area (Å²) in [6.07, 6.45) is 1.01. The number of benzene rings is 1. The van der Waals surface area contributed by atoms with Crippen LogP contribution < -0.4 is 0 Å². The van der Waals surface area contributed by atoms with Crippen molar-refractivity contribution in [2.24, 2.45) is 5.92 Å². The summed E-state index contributed by atoms with van der Waals surface area (Å²) >= 11 is 0. The van der Waals surface area contributed by atoms with Crippen LogP contribution in [0.4, 0.5) is 0 Å². The first kappa shape index (κ1) is 19.9. The van der Waals surface area contributed by atoms with Gasteiger partial charge in [0.05, 0.1) is 12.0 Å². The Morgan fingerprint density at radius 1 is 1.16 bits per heavy atom. The normalized spacial score (nSPS) is 17.5. The number of sulfonamides is 1. The zero-order valence-electron chi connectivity index (χ0n) is 15.7. The molecule has 2 rings (SSSR count). The Morgan fingerprint density at radius 3 is 2.12 bits per heavy atom. The lowest BCUT2D eigenvalue weighted by atomic mass is 9.87. The number of carbonyl (C=O) groups is 1. The standard InChI is InChI=1S/C18H28N2O4S/c1-18(2,3)15-6-8-16(9-7-15)25(22,23)20-12-10-14(11-13-20)17(21)19(4)24-5/h6-9,14H,10-13H2,1-5H3. The van der Waals surface area contributed by atoms with Crippen LogP contribution in [0.25, 0.3) is 0 Å². The number of amides is 1. The predicted molar refractivity (Wildman–Crippen MR) is 96.4 cm³/mol. The van der Waals surface area contributed by atoms with Gasteiger partial charge in [0.1, 0.15) is 0 Å². The third-order valence-corrected chi connectivity index (χ3v) is 6.66. The van der Waals surface area contributed by atoms with Crippen LogP contribution in [0.1, 0.15) is 39.2 Å². The maximum Gasteiger partial charge on any atom is 0.249 e. The number of rotatable bonds is 4. The largest absolute Gasteiger partial charge is 0.275 e. The highest BCUT2D eigenvalue weighted by molar-refractivity contribution is 7.89. The van der Waals surface area contributed by atoms with Gasteiger partial charge in [-0.25, -0.2) is 13.5 Å². The molecule has 1 aliphatic heterocycles. The summed E-state index contributed by atoms with van der Waals surface area (Å²) in [7, 11) is -0.507. The number of hydrogen-bond donors (Lipinski definition) is 0. The summed E-state index contributed by atoms with van der Waals surface area (Å²) in [6.45, 7) is 6.97. The number of nitrogens with zero attached hydrogens (tertiary/aromatic N) is 2. The molecule has 1 heterocycles. The number of hydroxylamine groups is 2. The van der Waals surface area contributed by atoms with Crippen molar-refractivity contribution in [3.63, 3.8) is 0 Å². The van der Waals surface area contributed by atoms with Crippen LogP contribution >= 0.6 is 0 Å². The molecule has 0 saturated carbocycles. The van der Waals surface area contributed by atoms with Crippen LogP contribution in [0.2, 0.25) is 0 Å². The molecule has 1 saturated heterocycles. The predicted octanol–water partition coefficient (Wildman–Crippen LogP) is 2.40. The van der Waals surface area contributed by atoms with E-state index in [9.17, 15) is 13.2 Å². The van der Waals surface area contributed by atoms with Crippen molar-refractivity contribution >= 4 is 15.9 Å². The molecule has 7 heteroatoms. The first-order valence-corrected chi connectivity index (χ1v) is 9.93. The Bertz CT molecular complexity index is 700. The van der Waals surface area contributed by atoms with E-state index in [2.05, 4.69) is 20.8 Å². The van der Waals surface area contributed by atoms with Crippen LogP contribution in [0.3, 0.4) is 0 Å². The summed E-state index contributed by atoms with van der Waals surface area (Å²) in [5.74, 6) is -0.297. The summed E-state index contributed by atoms with van der Waals surface area (Å²) in [5, 5.41) is 1.21. The van der Waals surface area contributed by atoms with Crippen molar-refractivity contribution in [3.05, 3.63) is 29.8 Å². The van der Waals surface area contributed by atoms with Crippen molar-refractivity contribution in [3.8, 4) is 0 Å². The first-order valence-electron chi connectivity index (χ1n) is 8.49. The minimum atomic E-state index is -3.52. The SMILES string of the molecule is CON(C)C(=O)C1CCN(S(=O)(=O)c2ccc(C(C)(C)C)cc2)CC1. The van der Waals surface area contributed by atoms with Gasteiger partial charge >= 0.3 is 0 Å². The van der Waals surface area contributed by atoms with Gasteiger partial charge in [0.15, 0.2) is 0 Å². The second kappa shape index (κ2) is 7.43. The molecule has 0 unspecified atom stereocenters. The van der Waals surface area contributed by atoms with E-state index >= 15 is 0 Å². The fourth-order valence-corrected chi connectivity index (χ4v) is 4.44. The second-order valence-corrected chi connectivity index (χ2v) is 9.41.